The van der Waals surface area contributed by atoms with E-state index in [-0.39, 0.29) is 12.6 Å². The molecule has 0 bridgehead atoms. The summed E-state index contributed by atoms with van der Waals surface area (Å²) in [6.45, 7) is 5.39. The van der Waals surface area contributed by atoms with Crippen LogP contribution in [0.1, 0.15) is 213 Å². The Bertz CT molecular complexity index is 509. The van der Waals surface area contributed by atoms with Crippen molar-refractivity contribution in [1.82, 2.24) is 0 Å². The van der Waals surface area contributed by atoms with Crippen LogP contribution < -0.4 is 0 Å². The van der Waals surface area contributed by atoms with Crippen molar-refractivity contribution in [2.24, 2.45) is 0 Å². The minimum atomic E-state index is -0.523. The Morgan fingerprint density at radius 3 is 1.12 bits per heavy atom. The van der Waals surface area contributed by atoms with Crippen LogP contribution >= 0.6 is 0 Å². The van der Waals surface area contributed by atoms with Gasteiger partial charge in [-0.1, -0.05) is 194 Å². The predicted molar refractivity (Wildman–Crippen MR) is 182 cm³/mol. The van der Waals surface area contributed by atoms with Crippen molar-refractivity contribution in [3.63, 3.8) is 0 Å². The second-order valence-corrected chi connectivity index (χ2v) is 13.0. The van der Waals surface area contributed by atoms with E-state index in [0.29, 0.717) is 19.6 Å². The number of carbonyl (C=O) groups is 1. The summed E-state index contributed by atoms with van der Waals surface area (Å²) in [5.74, 6) is -0.196. The van der Waals surface area contributed by atoms with E-state index in [4.69, 9.17) is 9.47 Å². The lowest BCUT2D eigenvalue weighted by Gasteiger charge is -2.16. The van der Waals surface area contributed by atoms with Gasteiger partial charge in [-0.3, -0.25) is 4.79 Å². The van der Waals surface area contributed by atoms with Crippen LogP contribution in [-0.2, 0) is 14.3 Å². The molecule has 0 aromatic heterocycles. The minimum absolute atomic E-state index is 0.163. The second kappa shape index (κ2) is 36.6. The third-order valence-electron chi connectivity index (χ3n) is 8.68. The van der Waals surface area contributed by atoms with Crippen LogP contribution in [0.3, 0.4) is 0 Å². The minimum Gasteiger partial charge on any atom is -0.457 e. The van der Waals surface area contributed by atoms with Gasteiger partial charge in [-0.2, -0.15) is 0 Å². The molecule has 0 saturated carbocycles. The first-order valence-electron chi connectivity index (χ1n) is 19.1. The van der Waals surface area contributed by atoms with Crippen molar-refractivity contribution in [1.29, 1.82) is 0 Å². The molecule has 0 saturated heterocycles. The molecule has 252 valence electrons. The molecular weight excluding hydrogens is 520 g/mol. The first-order valence-corrected chi connectivity index (χ1v) is 19.1. The van der Waals surface area contributed by atoms with E-state index in [1.54, 1.807) is 0 Å². The lowest BCUT2D eigenvalue weighted by Crippen LogP contribution is -2.27. The average molecular weight is 597 g/mol. The summed E-state index contributed by atoms with van der Waals surface area (Å²) < 4.78 is 11.1. The molecule has 0 aliphatic heterocycles. The van der Waals surface area contributed by atoms with Gasteiger partial charge in [0.2, 0.25) is 0 Å². The Hall–Kier alpha value is -0.610. The Morgan fingerprint density at radius 2 is 0.786 bits per heavy atom. The molecule has 0 amide bonds. The number of rotatable bonds is 36. The number of esters is 1. The van der Waals surface area contributed by atoms with Crippen LogP contribution in [0.2, 0.25) is 0 Å². The molecule has 0 radical (unpaired) electrons. The molecule has 0 aromatic carbocycles. The topological polar surface area (TPSA) is 55.8 Å². The monoisotopic (exact) mass is 597 g/mol. The highest BCUT2D eigenvalue weighted by Gasteiger charge is 2.13. The predicted octanol–water partition coefficient (Wildman–Crippen LogP) is 12.0. The highest BCUT2D eigenvalue weighted by atomic mass is 16.6. The van der Waals surface area contributed by atoms with Crippen molar-refractivity contribution in [2.75, 3.05) is 19.8 Å². The van der Waals surface area contributed by atoms with Crippen molar-refractivity contribution < 1.29 is 19.4 Å². The van der Waals surface area contributed by atoms with Gasteiger partial charge in [-0.15, -0.1) is 0 Å². The third kappa shape index (κ3) is 33.9. The summed E-state index contributed by atoms with van der Waals surface area (Å²) in [5, 5.41) is 9.55. The third-order valence-corrected chi connectivity index (χ3v) is 8.68. The van der Waals surface area contributed by atoms with Crippen molar-refractivity contribution in [3.8, 4) is 0 Å². The fourth-order valence-corrected chi connectivity index (χ4v) is 5.80. The number of hydrogen-bond donors (Lipinski definition) is 1. The van der Waals surface area contributed by atoms with E-state index in [1.807, 2.05) is 0 Å². The first kappa shape index (κ1) is 41.4. The average Bonchev–Trinajstić information content (AvgIpc) is 3.00. The summed E-state index contributed by atoms with van der Waals surface area (Å²) in [7, 11) is 0. The van der Waals surface area contributed by atoms with Gasteiger partial charge >= 0.3 is 5.97 Å². The molecule has 0 aromatic rings. The Morgan fingerprint density at radius 1 is 0.476 bits per heavy atom. The summed E-state index contributed by atoms with van der Waals surface area (Å²) in [6.07, 6.45) is 40.0. The van der Waals surface area contributed by atoms with Crippen LogP contribution in [0.4, 0.5) is 0 Å². The molecule has 0 aliphatic carbocycles. The van der Waals surface area contributed by atoms with Gasteiger partial charge in [0.25, 0.3) is 0 Å². The van der Waals surface area contributed by atoms with Crippen molar-refractivity contribution in [3.05, 3.63) is 0 Å². The van der Waals surface area contributed by atoms with E-state index >= 15 is 0 Å². The molecule has 0 rings (SSSR count). The number of aliphatic hydroxyl groups is 1. The first-order chi connectivity index (χ1) is 20.7. The zero-order valence-corrected chi connectivity index (χ0v) is 28.8. The number of carbonyl (C=O) groups excluding carboxylic acids is 1. The van der Waals surface area contributed by atoms with Crippen molar-refractivity contribution in [2.45, 2.75) is 219 Å². The maximum Gasteiger partial charge on any atom is 0.306 e. The summed E-state index contributed by atoms with van der Waals surface area (Å²) in [4.78, 5) is 12.1. The molecule has 1 unspecified atom stereocenters. The van der Waals surface area contributed by atoms with E-state index in [2.05, 4.69) is 13.8 Å². The van der Waals surface area contributed by atoms with Gasteiger partial charge in [0.05, 0.1) is 13.2 Å². The number of hydrogen-bond acceptors (Lipinski definition) is 4. The summed E-state index contributed by atoms with van der Waals surface area (Å²) in [6, 6.07) is 0. The van der Waals surface area contributed by atoms with E-state index in [9.17, 15) is 9.90 Å². The molecule has 4 nitrogen and oxygen atoms in total. The second-order valence-electron chi connectivity index (χ2n) is 13.0. The number of aliphatic hydroxyl groups excluding tert-OH is 1. The van der Waals surface area contributed by atoms with Gasteiger partial charge < -0.3 is 14.6 Å². The fourth-order valence-electron chi connectivity index (χ4n) is 5.80. The standard InChI is InChI=1S/C38H76O4/c1-3-5-7-9-11-13-15-17-18-19-20-22-24-26-28-30-32-34-41-36-37(35-39)42-38(40)33-31-29-27-25-23-21-16-14-12-10-8-6-4-2/h37,39H,3-36H2,1-2H3. The molecule has 4 heteroatoms. The van der Waals surface area contributed by atoms with Crippen LogP contribution in [-0.4, -0.2) is 37.0 Å². The summed E-state index contributed by atoms with van der Waals surface area (Å²) in [5.41, 5.74) is 0. The van der Waals surface area contributed by atoms with E-state index in [0.717, 1.165) is 19.3 Å². The molecule has 1 N–H and O–H groups in total. The molecule has 0 fully saturated rings. The van der Waals surface area contributed by atoms with Crippen LogP contribution in [0.5, 0.6) is 0 Å². The van der Waals surface area contributed by atoms with Crippen molar-refractivity contribution >= 4 is 5.97 Å². The maximum absolute atomic E-state index is 12.1. The number of unbranched alkanes of at least 4 members (excludes halogenated alkanes) is 28. The quantitative estimate of drug-likeness (QED) is 0.0577. The normalized spacial score (nSPS) is 12.2. The fraction of sp³-hybridized carbons (Fsp3) is 0.974. The molecular formula is C38H76O4. The largest absolute Gasteiger partial charge is 0.457 e. The van der Waals surface area contributed by atoms with Gasteiger partial charge in [0, 0.05) is 13.0 Å². The molecule has 0 spiro atoms. The van der Waals surface area contributed by atoms with E-state index < -0.39 is 6.10 Å². The molecule has 42 heavy (non-hydrogen) atoms. The van der Waals surface area contributed by atoms with E-state index in [1.165, 1.54) is 173 Å². The highest BCUT2D eigenvalue weighted by Crippen LogP contribution is 2.15. The van der Waals surface area contributed by atoms with Crippen LogP contribution in [0.25, 0.3) is 0 Å². The zero-order chi connectivity index (χ0) is 30.6. The molecule has 0 heterocycles. The SMILES string of the molecule is CCCCCCCCCCCCCCCCCCCOCC(CO)OC(=O)CCCCCCCCCCCCCCC. The highest BCUT2D eigenvalue weighted by molar-refractivity contribution is 5.69. The van der Waals surface area contributed by atoms with Crippen LogP contribution in [0, 0.1) is 0 Å². The van der Waals surface area contributed by atoms with Gasteiger partial charge in [-0.25, -0.2) is 0 Å². The smallest absolute Gasteiger partial charge is 0.306 e. The molecule has 1 atom stereocenters. The number of ether oxygens (including phenoxy) is 2. The van der Waals surface area contributed by atoms with Crippen LogP contribution in [0.15, 0.2) is 0 Å². The van der Waals surface area contributed by atoms with Gasteiger partial charge in [0.15, 0.2) is 0 Å². The Kier molecular flexibility index (Phi) is 36.0. The van der Waals surface area contributed by atoms with Gasteiger partial charge in [-0.05, 0) is 12.8 Å². The summed E-state index contributed by atoms with van der Waals surface area (Å²) >= 11 is 0. The zero-order valence-electron chi connectivity index (χ0n) is 28.8. The lowest BCUT2D eigenvalue weighted by atomic mass is 10.0. The maximum atomic E-state index is 12.1. The lowest BCUT2D eigenvalue weighted by molar-refractivity contribution is -0.154. The Balaban J connectivity index is 3.36. The Labute approximate surface area is 263 Å². The van der Waals surface area contributed by atoms with Gasteiger partial charge in [0.1, 0.15) is 6.10 Å². The molecule has 0 aliphatic rings.